The molecule has 20 heavy (non-hydrogen) atoms. The van der Waals surface area contributed by atoms with Gasteiger partial charge in [-0.05, 0) is 18.9 Å². The maximum Gasteiger partial charge on any atom is 0.295 e. The summed E-state index contributed by atoms with van der Waals surface area (Å²) in [6, 6.07) is 4.99. The maximum atomic E-state index is 10.7. The molecule has 0 aliphatic heterocycles. The highest BCUT2D eigenvalue weighted by Crippen LogP contribution is 2.26. The largest absolute Gasteiger partial charge is 0.424 e. The van der Waals surface area contributed by atoms with Crippen LogP contribution < -0.4 is 11.1 Å². The molecule has 2 unspecified atom stereocenters. The Morgan fingerprint density at radius 1 is 1.40 bits per heavy atom. The predicted molar refractivity (Wildman–Crippen MR) is 74.5 cm³/mol. The third-order valence-electron chi connectivity index (χ3n) is 3.71. The number of nitro groups is 1. The van der Waals surface area contributed by atoms with Crippen LogP contribution in [0.2, 0.25) is 0 Å². The van der Waals surface area contributed by atoms with Crippen LogP contribution in [0.15, 0.2) is 22.6 Å². The quantitative estimate of drug-likeness (QED) is 0.658. The Balaban J connectivity index is 1.83. The van der Waals surface area contributed by atoms with E-state index in [9.17, 15) is 10.1 Å². The van der Waals surface area contributed by atoms with Gasteiger partial charge in [0.15, 0.2) is 5.58 Å². The van der Waals surface area contributed by atoms with E-state index < -0.39 is 4.92 Å². The second kappa shape index (κ2) is 5.09. The van der Waals surface area contributed by atoms with Crippen molar-refractivity contribution < 1.29 is 9.34 Å². The highest BCUT2D eigenvalue weighted by Gasteiger charge is 2.23. The summed E-state index contributed by atoms with van der Waals surface area (Å²) in [4.78, 5) is 14.5. The number of hydrogen-bond donors (Lipinski definition) is 2. The van der Waals surface area contributed by atoms with Gasteiger partial charge in [0.05, 0.1) is 4.92 Å². The predicted octanol–water partition coefficient (Wildman–Crippen LogP) is 2.42. The van der Waals surface area contributed by atoms with Crippen molar-refractivity contribution in [3.05, 3.63) is 28.3 Å². The Labute approximate surface area is 115 Å². The van der Waals surface area contributed by atoms with E-state index in [0.29, 0.717) is 17.1 Å². The molecule has 0 spiro atoms. The van der Waals surface area contributed by atoms with Gasteiger partial charge in [-0.15, -0.1) is 0 Å². The van der Waals surface area contributed by atoms with E-state index in [4.69, 9.17) is 10.2 Å². The number of rotatable bonds is 3. The third kappa shape index (κ3) is 2.44. The van der Waals surface area contributed by atoms with Crippen molar-refractivity contribution in [3.63, 3.8) is 0 Å². The van der Waals surface area contributed by atoms with Crippen LogP contribution in [-0.4, -0.2) is 22.0 Å². The molecule has 1 fully saturated rings. The van der Waals surface area contributed by atoms with Gasteiger partial charge in [0, 0.05) is 24.2 Å². The van der Waals surface area contributed by atoms with E-state index in [1.165, 1.54) is 12.1 Å². The van der Waals surface area contributed by atoms with Gasteiger partial charge in [0.2, 0.25) is 0 Å². The summed E-state index contributed by atoms with van der Waals surface area (Å²) in [5.74, 6) is 0. The van der Waals surface area contributed by atoms with Crippen LogP contribution in [0.5, 0.6) is 0 Å². The average Bonchev–Trinajstić information content (AvgIpc) is 2.82. The van der Waals surface area contributed by atoms with E-state index in [1.807, 2.05) is 0 Å². The van der Waals surface area contributed by atoms with Gasteiger partial charge in [-0.25, -0.2) is 0 Å². The van der Waals surface area contributed by atoms with Crippen molar-refractivity contribution in [3.8, 4) is 0 Å². The number of hydrogen-bond acceptors (Lipinski definition) is 6. The molecule has 3 rings (SSSR count). The summed E-state index contributed by atoms with van der Waals surface area (Å²) in [7, 11) is 0. The third-order valence-corrected chi connectivity index (χ3v) is 3.71. The first-order chi connectivity index (χ1) is 9.63. The number of nitro benzene ring substituents is 1. The summed E-state index contributed by atoms with van der Waals surface area (Å²) in [6.45, 7) is 0. The Morgan fingerprint density at radius 2 is 2.20 bits per heavy atom. The molecule has 0 amide bonds. The minimum atomic E-state index is -0.446. The lowest BCUT2D eigenvalue weighted by Gasteiger charge is -2.28. The molecule has 1 saturated carbocycles. The molecule has 106 valence electrons. The van der Waals surface area contributed by atoms with Crippen LogP contribution in [0.25, 0.3) is 11.1 Å². The van der Waals surface area contributed by atoms with Gasteiger partial charge >= 0.3 is 0 Å². The number of nitrogens with two attached hydrogens (primary N) is 1. The molecule has 3 N–H and O–H groups in total. The topological polar surface area (TPSA) is 107 Å². The number of benzene rings is 1. The fraction of sp³-hybridized carbons (Fsp3) is 0.462. The van der Waals surface area contributed by atoms with Crippen molar-refractivity contribution in [2.45, 2.75) is 37.8 Å². The zero-order valence-corrected chi connectivity index (χ0v) is 10.9. The normalized spacial score (nSPS) is 22.9. The molecule has 2 atom stereocenters. The summed E-state index contributed by atoms with van der Waals surface area (Å²) in [5, 5.41) is 13.9. The number of nitrogens with zero attached hydrogens (tertiary/aromatic N) is 2. The van der Waals surface area contributed by atoms with Crippen LogP contribution in [0, 0.1) is 10.1 Å². The first-order valence-corrected chi connectivity index (χ1v) is 6.70. The fourth-order valence-electron chi connectivity index (χ4n) is 2.59. The van der Waals surface area contributed by atoms with Gasteiger partial charge in [-0.3, -0.25) is 10.1 Å². The van der Waals surface area contributed by atoms with Crippen molar-refractivity contribution in [2.75, 3.05) is 5.32 Å². The summed E-state index contributed by atoms with van der Waals surface area (Å²) >= 11 is 0. The number of nitrogens with one attached hydrogen (secondary N) is 1. The van der Waals surface area contributed by atoms with Crippen LogP contribution in [0.1, 0.15) is 25.7 Å². The Kier molecular flexibility index (Phi) is 3.27. The smallest absolute Gasteiger partial charge is 0.295 e. The maximum absolute atomic E-state index is 10.7. The Bertz CT molecular complexity index is 640. The lowest BCUT2D eigenvalue weighted by atomic mass is 9.91. The highest BCUT2D eigenvalue weighted by atomic mass is 16.6. The number of non-ortho nitro benzene ring substituents is 1. The number of aromatic nitrogens is 1. The van der Waals surface area contributed by atoms with Crippen LogP contribution >= 0.6 is 0 Å². The molecule has 1 aliphatic rings. The van der Waals surface area contributed by atoms with Crippen LogP contribution in [0.3, 0.4) is 0 Å². The number of fused-ring (bicyclic) bond motifs is 1. The molecule has 7 nitrogen and oxygen atoms in total. The van der Waals surface area contributed by atoms with Crippen molar-refractivity contribution >= 4 is 22.8 Å². The summed E-state index contributed by atoms with van der Waals surface area (Å²) in [6.07, 6.45) is 4.26. The molecule has 0 radical (unpaired) electrons. The zero-order valence-electron chi connectivity index (χ0n) is 10.9. The average molecular weight is 276 g/mol. The van der Waals surface area contributed by atoms with Crippen molar-refractivity contribution in [1.82, 2.24) is 4.98 Å². The minimum absolute atomic E-state index is 0.00622. The van der Waals surface area contributed by atoms with E-state index in [-0.39, 0.29) is 17.8 Å². The molecule has 1 aliphatic carbocycles. The molecule has 1 aromatic carbocycles. The first-order valence-electron chi connectivity index (χ1n) is 6.70. The van der Waals surface area contributed by atoms with Gasteiger partial charge in [-0.2, -0.15) is 4.98 Å². The second-order valence-corrected chi connectivity index (χ2v) is 5.13. The van der Waals surface area contributed by atoms with Crippen molar-refractivity contribution in [1.29, 1.82) is 0 Å². The minimum Gasteiger partial charge on any atom is -0.424 e. The van der Waals surface area contributed by atoms with E-state index in [0.717, 1.165) is 25.7 Å². The van der Waals surface area contributed by atoms with Gasteiger partial charge in [-0.1, -0.05) is 12.8 Å². The zero-order chi connectivity index (χ0) is 14.1. The number of anilines is 1. The van der Waals surface area contributed by atoms with Gasteiger partial charge in [0.1, 0.15) is 5.52 Å². The van der Waals surface area contributed by atoms with E-state index in [1.54, 1.807) is 6.07 Å². The van der Waals surface area contributed by atoms with Gasteiger partial charge < -0.3 is 15.5 Å². The summed E-state index contributed by atoms with van der Waals surface area (Å²) < 4.78 is 5.55. The highest BCUT2D eigenvalue weighted by molar-refractivity contribution is 5.77. The molecule has 1 heterocycles. The first kappa shape index (κ1) is 12.9. The lowest BCUT2D eigenvalue weighted by molar-refractivity contribution is -0.384. The molecule has 0 bridgehead atoms. The molecule has 2 aromatic rings. The molecule has 1 aromatic heterocycles. The Hall–Kier alpha value is -2.15. The number of oxazole rings is 1. The molecular formula is C13H16N4O3. The second-order valence-electron chi connectivity index (χ2n) is 5.13. The monoisotopic (exact) mass is 276 g/mol. The standard InChI is InChI=1S/C13H16N4O3/c14-9-3-1-2-4-10(9)15-13-16-11-7-8(17(18)19)5-6-12(11)20-13/h5-7,9-10H,1-4,14H2,(H,15,16). The van der Waals surface area contributed by atoms with Crippen LogP contribution in [0.4, 0.5) is 11.7 Å². The van der Waals surface area contributed by atoms with E-state index >= 15 is 0 Å². The Morgan fingerprint density at radius 3 is 2.95 bits per heavy atom. The molecule has 7 heteroatoms. The fourth-order valence-corrected chi connectivity index (χ4v) is 2.59. The van der Waals surface area contributed by atoms with Crippen molar-refractivity contribution in [2.24, 2.45) is 5.73 Å². The lowest BCUT2D eigenvalue weighted by Crippen LogP contribution is -2.42. The van der Waals surface area contributed by atoms with E-state index in [2.05, 4.69) is 10.3 Å². The summed E-state index contributed by atoms with van der Waals surface area (Å²) in [5.41, 5.74) is 7.08. The van der Waals surface area contributed by atoms with Gasteiger partial charge in [0.25, 0.3) is 11.7 Å². The molecule has 0 saturated heterocycles. The van der Waals surface area contributed by atoms with Crippen LogP contribution in [-0.2, 0) is 0 Å². The SMILES string of the molecule is NC1CCCCC1Nc1nc2cc([N+](=O)[O-])ccc2o1. The molecular weight excluding hydrogens is 260 g/mol.